The van der Waals surface area contributed by atoms with Crippen LogP contribution in [0.5, 0.6) is 0 Å². The van der Waals surface area contributed by atoms with Gasteiger partial charge in [0.2, 0.25) is 0 Å². The van der Waals surface area contributed by atoms with Crippen LogP contribution in [0.25, 0.3) is 0 Å². The van der Waals surface area contributed by atoms with E-state index in [0.717, 1.165) is 12.2 Å². The topological polar surface area (TPSA) is 97.7 Å². The van der Waals surface area contributed by atoms with Crippen molar-refractivity contribution in [3.05, 3.63) is 24.0 Å². The van der Waals surface area contributed by atoms with E-state index in [0.29, 0.717) is 0 Å². The fourth-order valence-corrected chi connectivity index (χ4v) is 1.43. The Balaban J connectivity index is 0.00000144. The van der Waals surface area contributed by atoms with Crippen LogP contribution in [0.3, 0.4) is 0 Å². The van der Waals surface area contributed by atoms with Gasteiger partial charge in [-0.25, -0.2) is 8.42 Å². The molecule has 0 heterocycles. The Hall–Kier alpha value is 0.150. The first-order valence-electron chi connectivity index (χ1n) is 3.10. The van der Waals surface area contributed by atoms with Crippen molar-refractivity contribution in [3.8, 4) is 0 Å². The van der Waals surface area contributed by atoms with Gasteiger partial charge in [-0.1, -0.05) is 6.08 Å². The summed E-state index contributed by atoms with van der Waals surface area (Å²) >= 11 is 0. The summed E-state index contributed by atoms with van der Waals surface area (Å²) in [5, 5.41) is 18.0. The van der Waals surface area contributed by atoms with E-state index in [-0.39, 0.29) is 35.3 Å². The van der Waals surface area contributed by atoms with Crippen molar-refractivity contribution in [1.82, 2.24) is 0 Å². The maximum Gasteiger partial charge on any atom is 1.00 e. The summed E-state index contributed by atoms with van der Waals surface area (Å²) in [4.78, 5) is -2.49. The van der Waals surface area contributed by atoms with Gasteiger partial charge in [0.1, 0.15) is 10.1 Å². The monoisotopic (exact) mass is 214 g/mol. The molecule has 1 aliphatic carbocycles. The predicted octanol–water partition coefficient (Wildman–Crippen LogP) is -3.37. The fraction of sp³-hybridized carbons (Fsp3) is 0.333. The molecule has 1 aliphatic rings. The van der Waals surface area contributed by atoms with Crippen LogP contribution < -0.4 is 29.6 Å². The molecule has 2 N–H and O–H groups in total. The van der Waals surface area contributed by atoms with Gasteiger partial charge in [-0.05, 0) is 12.2 Å². The minimum atomic E-state index is -4.84. The quantitative estimate of drug-likeness (QED) is 0.350. The van der Waals surface area contributed by atoms with Crippen molar-refractivity contribution in [2.24, 2.45) is 0 Å². The third-order valence-electron chi connectivity index (χ3n) is 1.51. The molecule has 0 saturated carbocycles. The third-order valence-corrected chi connectivity index (χ3v) is 2.66. The molecular weight excluding hydrogens is 207 g/mol. The Bertz CT molecular complexity index is 344. The molecule has 13 heavy (non-hydrogen) atoms. The second-order valence-corrected chi connectivity index (χ2v) is 4.11. The summed E-state index contributed by atoms with van der Waals surface area (Å²) in [7, 11) is -4.84. The van der Waals surface area contributed by atoms with Crippen LogP contribution in [-0.4, -0.2) is 28.1 Å². The van der Waals surface area contributed by atoms with Crippen molar-refractivity contribution in [3.63, 3.8) is 0 Å². The Kier molecular flexibility index (Phi) is 4.17. The van der Waals surface area contributed by atoms with E-state index in [1.807, 2.05) is 0 Å². The van der Waals surface area contributed by atoms with E-state index in [4.69, 9.17) is 5.11 Å². The molecule has 0 saturated heterocycles. The van der Waals surface area contributed by atoms with Gasteiger partial charge in [-0.3, -0.25) is 0 Å². The van der Waals surface area contributed by atoms with Gasteiger partial charge >= 0.3 is 29.6 Å². The number of rotatable bonds is 1. The van der Waals surface area contributed by atoms with Gasteiger partial charge in [0.15, 0.2) is 4.93 Å². The smallest absolute Gasteiger partial charge is 0.745 e. The van der Waals surface area contributed by atoms with Crippen LogP contribution in [0, 0.1) is 0 Å². The number of aliphatic hydroxyl groups is 2. The van der Waals surface area contributed by atoms with Crippen LogP contribution in [0.2, 0.25) is 0 Å². The van der Waals surface area contributed by atoms with Crippen molar-refractivity contribution in [2.75, 3.05) is 0 Å². The van der Waals surface area contributed by atoms with Crippen LogP contribution >= 0.6 is 0 Å². The Labute approximate surface area is 97.8 Å². The molecule has 0 spiro atoms. The first kappa shape index (κ1) is 13.2. The summed E-state index contributed by atoms with van der Waals surface area (Å²) < 4.78 is 31.4. The molecule has 0 aromatic carbocycles. The first-order chi connectivity index (χ1) is 5.35. The predicted molar refractivity (Wildman–Crippen MR) is 39.1 cm³/mol. The van der Waals surface area contributed by atoms with E-state index in [1.165, 1.54) is 6.08 Å². The Morgan fingerprint density at radius 3 is 2.38 bits per heavy atom. The maximum absolute atomic E-state index is 10.5. The molecule has 0 aromatic rings. The first-order valence-corrected chi connectivity index (χ1v) is 4.51. The molecule has 68 valence electrons. The molecule has 0 radical (unpaired) electrons. The number of hydrogen-bond acceptors (Lipinski definition) is 5. The Morgan fingerprint density at radius 2 is 2.08 bits per heavy atom. The zero-order chi connectivity index (χ0) is 9.41. The van der Waals surface area contributed by atoms with Gasteiger partial charge in [0.05, 0.1) is 12.2 Å². The average Bonchev–Trinajstić information content (AvgIpc) is 1.83. The second kappa shape index (κ2) is 4.12. The van der Waals surface area contributed by atoms with Gasteiger partial charge in [0, 0.05) is 0 Å². The maximum atomic E-state index is 10.5. The van der Waals surface area contributed by atoms with Gasteiger partial charge < -0.3 is 14.8 Å². The van der Waals surface area contributed by atoms with Crippen molar-refractivity contribution in [2.45, 2.75) is 11.4 Å². The molecule has 7 heteroatoms. The zero-order valence-corrected chi connectivity index (χ0v) is 9.78. The average molecular weight is 214 g/mol. The van der Waals surface area contributed by atoms with E-state index >= 15 is 0 Å². The van der Waals surface area contributed by atoms with Crippen LogP contribution in [0.15, 0.2) is 24.0 Å². The molecule has 5 nitrogen and oxygen atoms in total. The van der Waals surface area contributed by atoms with Crippen LogP contribution in [0.1, 0.15) is 6.42 Å². The largest absolute Gasteiger partial charge is 1.00 e. The van der Waals surface area contributed by atoms with Gasteiger partial charge in [-0.15, -0.1) is 0 Å². The van der Waals surface area contributed by atoms with Crippen molar-refractivity contribution in [1.29, 1.82) is 0 Å². The molecule has 0 aliphatic heterocycles. The summed E-state index contributed by atoms with van der Waals surface area (Å²) in [6.07, 6.45) is 2.58. The third kappa shape index (κ3) is 2.80. The van der Waals surface area contributed by atoms with E-state index in [9.17, 15) is 18.1 Å². The summed E-state index contributed by atoms with van der Waals surface area (Å²) in [5.74, 6) is -0.334. The molecular formula is C6H7NaO5S. The van der Waals surface area contributed by atoms with Crippen molar-refractivity contribution >= 4 is 10.1 Å². The summed E-state index contributed by atoms with van der Waals surface area (Å²) in [6.45, 7) is 0. The van der Waals surface area contributed by atoms with Crippen LogP contribution in [0.4, 0.5) is 0 Å². The number of allylic oxidation sites excluding steroid dienone is 2. The molecule has 1 unspecified atom stereocenters. The van der Waals surface area contributed by atoms with Crippen LogP contribution in [-0.2, 0) is 10.1 Å². The standard InChI is InChI=1S/C6H8O5S.Na/c7-5-2-1-3-6(8,4-5)12(9,10)11;/h1-3,7-8H,4H2,(H,9,10,11);/q;+1/p-1. The number of aliphatic hydroxyl groups excluding tert-OH is 1. The minimum Gasteiger partial charge on any atom is -0.745 e. The van der Waals surface area contributed by atoms with E-state index in [2.05, 4.69) is 0 Å². The van der Waals surface area contributed by atoms with Gasteiger partial charge in [-0.2, -0.15) is 0 Å². The van der Waals surface area contributed by atoms with E-state index < -0.39 is 21.5 Å². The van der Waals surface area contributed by atoms with Gasteiger partial charge in [0.25, 0.3) is 0 Å². The summed E-state index contributed by atoms with van der Waals surface area (Å²) in [6, 6.07) is 0. The fourth-order valence-electron chi connectivity index (χ4n) is 0.859. The number of hydrogen-bond donors (Lipinski definition) is 2. The Morgan fingerprint density at radius 1 is 1.54 bits per heavy atom. The summed E-state index contributed by atoms with van der Waals surface area (Å²) in [5.41, 5.74) is 0. The minimum absolute atomic E-state index is 0. The zero-order valence-electron chi connectivity index (χ0n) is 6.97. The molecule has 0 bridgehead atoms. The molecule has 0 fully saturated rings. The van der Waals surface area contributed by atoms with E-state index in [1.54, 1.807) is 0 Å². The molecule has 1 atom stereocenters. The molecule has 0 amide bonds. The van der Waals surface area contributed by atoms with Crippen molar-refractivity contribution < 1.29 is 52.7 Å². The molecule has 0 aromatic heterocycles. The molecule has 1 rings (SSSR count). The second-order valence-electron chi connectivity index (χ2n) is 2.49. The SMILES string of the molecule is O=S(=O)([O-])C1(O)C=CC=C(O)C1.[Na+]. The normalized spacial score (nSPS) is 27.7.